The summed E-state index contributed by atoms with van der Waals surface area (Å²) < 4.78 is 0. The molecule has 0 saturated carbocycles. The highest BCUT2D eigenvalue weighted by molar-refractivity contribution is 7.11. The van der Waals surface area contributed by atoms with E-state index in [2.05, 4.69) is 11.9 Å². The van der Waals surface area contributed by atoms with Gasteiger partial charge >= 0.3 is 0 Å². The first-order chi connectivity index (χ1) is 5.36. The molecule has 0 bridgehead atoms. The average molecular weight is 167 g/mol. The molecule has 2 rings (SSSR count). The van der Waals surface area contributed by atoms with Gasteiger partial charge in [0.25, 0.3) is 0 Å². The molecule has 0 amide bonds. The van der Waals surface area contributed by atoms with Gasteiger partial charge in [-0.1, -0.05) is 6.42 Å². The van der Waals surface area contributed by atoms with Crippen LogP contribution in [0.15, 0.2) is 0 Å². The van der Waals surface area contributed by atoms with E-state index in [1.54, 1.807) is 4.88 Å². The minimum absolute atomic E-state index is 1.22. The number of thiazole rings is 1. The molecule has 2 heteroatoms. The lowest BCUT2D eigenvalue weighted by Gasteiger charge is -1.90. The molecule has 0 aliphatic heterocycles. The summed E-state index contributed by atoms with van der Waals surface area (Å²) in [4.78, 5) is 6.09. The third-order valence-corrected chi connectivity index (χ3v) is 3.28. The predicted octanol–water partition coefficient (Wildman–Crippen LogP) is 2.72. The van der Waals surface area contributed by atoms with Crippen LogP contribution in [-0.2, 0) is 12.8 Å². The Hall–Kier alpha value is -0.370. The lowest BCUT2D eigenvalue weighted by atomic mass is 10.2. The van der Waals surface area contributed by atoms with E-state index in [9.17, 15) is 0 Å². The molecule has 0 N–H and O–H groups in total. The maximum Gasteiger partial charge on any atom is 0.0900 e. The molecular formula is C9H13NS. The third kappa shape index (κ3) is 1.45. The first-order valence-electron chi connectivity index (χ1n) is 4.31. The van der Waals surface area contributed by atoms with E-state index in [1.165, 1.54) is 42.8 Å². The topological polar surface area (TPSA) is 12.9 Å². The molecule has 0 saturated heterocycles. The van der Waals surface area contributed by atoms with Gasteiger partial charge in [0, 0.05) is 4.88 Å². The summed E-state index contributed by atoms with van der Waals surface area (Å²) in [5.74, 6) is 0. The Morgan fingerprint density at radius 2 is 2.00 bits per heavy atom. The summed E-state index contributed by atoms with van der Waals surface area (Å²) >= 11 is 1.89. The highest BCUT2D eigenvalue weighted by Gasteiger charge is 2.11. The van der Waals surface area contributed by atoms with Crippen molar-refractivity contribution in [1.29, 1.82) is 0 Å². The van der Waals surface area contributed by atoms with Gasteiger partial charge < -0.3 is 0 Å². The van der Waals surface area contributed by atoms with Crippen molar-refractivity contribution >= 4 is 11.3 Å². The number of hydrogen-bond acceptors (Lipinski definition) is 2. The third-order valence-electron chi connectivity index (χ3n) is 2.20. The number of aryl methyl sites for hydroxylation is 3. The maximum atomic E-state index is 4.53. The van der Waals surface area contributed by atoms with E-state index in [4.69, 9.17) is 0 Å². The van der Waals surface area contributed by atoms with E-state index in [0.29, 0.717) is 0 Å². The molecule has 0 spiro atoms. The van der Waals surface area contributed by atoms with Crippen molar-refractivity contribution in [3.05, 3.63) is 15.6 Å². The summed E-state index contributed by atoms with van der Waals surface area (Å²) in [5.41, 5.74) is 1.39. The fourth-order valence-corrected chi connectivity index (χ4v) is 2.68. The minimum atomic E-state index is 1.22. The molecule has 1 aromatic rings. The van der Waals surface area contributed by atoms with Crippen LogP contribution in [0.5, 0.6) is 0 Å². The second kappa shape index (κ2) is 2.94. The fourth-order valence-electron chi connectivity index (χ4n) is 1.66. The SMILES string of the molecule is Cc1nc2c(s1)CCCCC2. The second-order valence-electron chi connectivity index (χ2n) is 3.16. The standard InChI is InChI=1S/C9H13NS/c1-7-10-8-5-3-2-4-6-9(8)11-7/h2-6H2,1H3. The van der Waals surface area contributed by atoms with Crippen molar-refractivity contribution in [3.8, 4) is 0 Å². The van der Waals surface area contributed by atoms with Gasteiger partial charge in [0.1, 0.15) is 0 Å². The van der Waals surface area contributed by atoms with E-state index in [0.717, 1.165) is 0 Å². The first kappa shape index (κ1) is 7.29. The van der Waals surface area contributed by atoms with Crippen LogP contribution in [0.2, 0.25) is 0 Å². The Morgan fingerprint density at radius 1 is 1.18 bits per heavy atom. The summed E-state index contributed by atoms with van der Waals surface area (Å²) in [5, 5.41) is 1.25. The first-order valence-corrected chi connectivity index (χ1v) is 5.13. The van der Waals surface area contributed by atoms with E-state index in [1.807, 2.05) is 11.3 Å². The zero-order valence-corrected chi connectivity index (χ0v) is 7.71. The molecule has 1 heterocycles. The molecule has 1 aliphatic rings. The zero-order chi connectivity index (χ0) is 7.68. The number of nitrogens with zero attached hydrogens (tertiary/aromatic N) is 1. The van der Waals surface area contributed by atoms with Crippen molar-refractivity contribution in [2.45, 2.75) is 39.0 Å². The number of fused-ring (bicyclic) bond motifs is 1. The number of rotatable bonds is 0. The number of hydrogen-bond donors (Lipinski definition) is 0. The number of aromatic nitrogens is 1. The van der Waals surface area contributed by atoms with Gasteiger partial charge in [-0.25, -0.2) is 4.98 Å². The van der Waals surface area contributed by atoms with E-state index < -0.39 is 0 Å². The van der Waals surface area contributed by atoms with Crippen molar-refractivity contribution in [1.82, 2.24) is 4.98 Å². The minimum Gasteiger partial charge on any atom is -0.246 e. The van der Waals surface area contributed by atoms with E-state index >= 15 is 0 Å². The van der Waals surface area contributed by atoms with Crippen molar-refractivity contribution in [2.24, 2.45) is 0 Å². The smallest absolute Gasteiger partial charge is 0.0900 e. The Balaban J connectivity index is 2.32. The van der Waals surface area contributed by atoms with Gasteiger partial charge in [0.05, 0.1) is 10.7 Å². The molecule has 0 fully saturated rings. The van der Waals surface area contributed by atoms with Crippen LogP contribution >= 0.6 is 11.3 Å². The van der Waals surface area contributed by atoms with Crippen LogP contribution in [0.25, 0.3) is 0 Å². The normalized spacial score (nSPS) is 17.5. The van der Waals surface area contributed by atoms with E-state index in [-0.39, 0.29) is 0 Å². The summed E-state index contributed by atoms with van der Waals surface area (Å²) in [7, 11) is 0. The van der Waals surface area contributed by atoms with Gasteiger partial charge in [-0.15, -0.1) is 11.3 Å². The van der Waals surface area contributed by atoms with Crippen molar-refractivity contribution in [3.63, 3.8) is 0 Å². The zero-order valence-electron chi connectivity index (χ0n) is 6.89. The molecule has 1 nitrogen and oxygen atoms in total. The molecule has 1 aromatic heterocycles. The van der Waals surface area contributed by atoms with Gasteiger partial charge in [0.2, 0.25) is 0 Å². The highest BCUT2D eigenvalue weighted by Crippen LogP contribution is 2.25. The van der Waals surface area contributed by atoms with Crippen LogP contribution in [0, 0.1) is 6.92 Å². The van der Waals surface area contributed by atoms with Crippen molar-refractivity contribution < 1.29 is 0 Å². The van der Waals surface area contributed by atoms with Crippen LogP contribution in [-0.4, -0.2) is 4.98 Å². The predicted molar refractivity (Wildman–Crippen MR) is 48.1 cm³/mol. The lowest BCUT2D eigenvalue weighted by Crippen LogP contribution is -1.85. The van der Waals surface area contributed by atoms with Crippen LogP contribution in [0.4, 0.5) is 0 Å². The molecule has 0 atom stereocenters. The van der Waals surface area contributed by atoms with Crippen LogP contribution < -0.4 is 0 Å². The molecular weight excluding hydrogens is 154 g/mol. The quantitative estimate of drug-likeness (QED) is 0.541. The second-order valence-corrected chi connectivity index (χ2v) is 4.45. The van der Waals surface area contributed by atoms with Gasteiger partial charge in [-0.05, 0) is 32.6 Å². The summed E-state index contributed by atoms with van der Waals surface area (Å²) in [6, 6.07) is 0. The van der Waals surface area contributed by atoms with Crippen molar-refractivity contribution in [2.75, 3.05) is 0 Å². The van der Waals surface area contributed by atoms with Gasteiger partial charge in [-0.3, -0.25) is 0 Å². The molecule has 60 valence electrons. The molecule has 0 aromatic carbocycles. The Kier molecular flexibility index (Phi) is 1.95. The van der Waals surface area contributed by atoms with Crippen LogP contribution in [0.3, 0.4) is 0 Å². The van der Waals surface area contributed by atoms with Gasteiger partial charge in [0.15, 0.2) is 0 Å². The summed E-state index contributed by atoms with van der Waals surface area (Å²) in [6.45, 7) is 2.11. The lowest BCUT2D eigenvalue weighted by molar-refractivity contribution is 0.708. The maximum absolute atomic E-state index is 4.53. The summed E-state index contributed by atoms with van der Waals surface area (Å²) in [6.07, 6.45) is 6.60. The molecule has 0 unspecified atom stereocenters. The van der Waals surface area contributed by atoms with Crippen LogP contribution in [0.1, 0.15) is 34.8 Å². The largest absolute Gasteiger partial charge is 0.246 e. The average Bonchev–Trinajstić information content (AvgIpc) is 2.17. The monoisotopic (exact) mass is 167 g/mol. The molecule has 11 heavy (non-hydrogen) atoms. The fraction of sp³-hybridized carbons (Fsp3) is 0.667. The Bertz CT molecular complexity index is 229. The molecule has 0 radical (unpaired) electrons. The van der Waals surface area contributed by atoms with Gasteiger partial charge in [-0.2, -0.15) is 0 Å². The molecule has 1 aliphatic carbocycles. The highest BCUT2D eigenvalue weighted by atomic mass is 32.1. The Labute approximate surface area is 71.5 Å². The Morgan fingerprint density at radius 3 is 2.91 bits per heavy atom.